The largest absolute Gasteiger partial charge is 0.481 e. The molecule has 0 fully saturated rings. The van der Waals surface area contributed by atoms with Gasteiger partial charge in [-0.15, -0.1) is 0 Å². The van der Waals surface area contributed by atoms with Gasteiger partial charge in [-0.05, 0) is 12.8 Å². The molecule has 0 aromatic carbocycles. The van der Waals surface area contributed by atoms with E-state index < -0.39 is 0 Å². The van der Waals surface area contributed by atoms with Crippen molar-refractivity contribution in [1.82, 2.24) is 0 Å². The van der Waals surface area contributed by atoms with Gasteiger partial charge in [0, 0.05) is 13.5 Å². The SMILES string of the molecule is CCCC/N=C(/C)OCCC. The standard InChI is InChI=1S/C9H19NO/c1-4-6-7-10-9(3)11-8-5-2/h4-8H2,1-3H3/b10-9-. The van der Waals surface area contributed by atoms with E-state index in [1.165, 1.54) is 6.42 Å². The Labute approximate surface area is 69.7 Å². The summed E-state index contributed by atoms with van der Waals surface area (Å²) in [5.74, 6) is 0.834. The molecule has 66 valence electrons. The van der Waals surface area contributed by atoms with E-state index in [1.54, 1.807) is 0 Å². The zero-order valence-corrected chi connectivity index (χ0v) is 7.89. The van der Waals surface area contributed by atoms with Crippen LogP contribution in [0.1, 0.15) is 40.0 Å². The van der Waals surface area contributed by atoms with E-state index in [9.17, 15) is 0 Å². The van der Waals surface area contributed by atoms with Crippen molar-refractivity contribution >= 4 is 5.90 Å². The van der Waals surface area contributed by atoms with Crippen molar-refractivity contribution < 1.29 is 4.74 Å². The molecule has 0 heterocycles. The summed E-state index contributed by atoms with van der Waals surface area (Å²) in [5, 5.41) is 0. The maximum absolute atomic E-state index is 5.29. The summed E-state index contributed by atoms with van der Waals surface area (Å²) in [4.78, 5) is 4.25. The van der Waals surface area contributed by atoms with Crippen LogP contribution >= 0.6 is 0 Å². The van der Waals surface area contributed by atoms with Crippen LogP contribution in [0.2, 0.25) is 0 Å². The topological polar surface area (TPSA) is 21.6 Å². The van der Waals surface area contributed by atoms with Crippen molar-refractivity contribution in [2.75, 3.05) is 13.2 Å². The normalized spacial score (nSPS) is 11.7. The maximum atomic E-state index is 5.29. The predicted octanol–water partition coefficient (Wildman–Crippen LogP) is 2.63. The average Bonchev–Trinajstić information content (AvgIpc) is 2.01. The van der Waals surface area contributed by atoms with E-state index in [-0.39, 0.29) is 0 Å². The van der Waals surface area contributed by atoms with Crippen molar-refractivity contribution in [3.63, 3.8) is 0 Å². The third-order valence-corrected chi connectivity index (χ3v) is 1.36. The van der Waals surface area contributed by atoms with Gasteiger partial charge in [0.05, 0.1) is 6.61 Å². The summed E-state index contributed by atoms with van der Waals surface area (Å²) in [6.07, 6.45) is 3.41. The smallest absolute Gasteiger partial charge is 0.179 e. The van der Waals surface area contributed by atoms with Crippen molar-refractivity contribution in [3.05, 3.63) is 0 Å². The monoisotopic (exact) mass is 157 g/mol. The summed E-state index contributed by atoms with van der Waals surface area (Å²) in [6.45, 7) is 7.88. The molecule has 0 aromatic heterocycles. The highest BCUT2D eigenvalue weighted by Crippen LogP contribution is 1.90. The molecule has 0 aliphatic heterocycles. The lowest BCUT2D eigenvalue weighted by Gasteiger charge is -2.02. The Morgan fingerprint density at radius 2 is 2.00 bits per heavy atom. The summed E-state index contributed by atoms with van der Waals surface area (Å²) >= 11 is 0. The molecule has 0 amide bonds. The molecule has 0 radical (unpaired) electrons. The number of nitrogens with zero attached hydrogens (tertiary/aromatic N) is 1. The molecule has 0 unspecified atom stereocenters. The Morgan fingerprint density at radius 3 is 2.55 bits per heavy atom. The van der Waals surface area contributed by atoms with Crippen LogP contribution in [0.3, 0.4) is 0 Å². The zero-order chi connectivity index (χ0) is 8.53. The van der Waals surface area contributed by atoms with Crippen LogP contribution in [0.5, 0.6) is 0 Å². The van der Waals surface area contributed by atoms with Gasteiger partial charge in [-0.1, -0.05) is 20.3 Å². The van der Waals surface area contributed by atoms with Crippen molar-refractivity contribution in [2.24, 2.45) is 4.99 Å². The number of rotatable bonds is 5. The highest BCUT2D eigenvalue weighted by Gasteiger charge is 1.88. The second-order valence-corrected chi connectivity index (χ2v) is 2.60. The molecular weight excluding hydrogens is 138 g/mol. The van der Waals surface area contributed by atoms with Crippen LogP contribution in [0, 0.1) is 0 Å². The van der Waals surface area contributed by atoms with Gasteiger partial charge in [0.1, 0.15) is 0 Å². The van der Waals surface area contributed by atoms with E-state index in [0.717, 1.165) is 31.9 Å². The summed E-state index contributed by atoms with van der Waals surface area (Å²) in [5.41, 5.74) is 0. The van der Waals surface area contributed by atoms with E-state index >= 15 is 0 Å². The molecule has 11 heavy (non-hydrogen) atoms. The zero-order valence-electron chi connectivity index (χ0n) is 7.89. The van der Waals surface area contributed by atoms with Gasteiger partial charge >= 0.3 is 0 Å². The van der Waals surface area contributed by atoms with Gasteiger partial charge in [0.2, 0.25) is 0 Å². The Hall–Kier alpha value is -0.530. The van der Waals surface area contributed by atoms with Gasteiger partial charge in [-0.2, -0.15) is 0 Å². The van der Waals surface area contributed by atoms with Crippen LogP contribution in [-0.4, -0.2) is 19.0 Å². The van der Waals surface area contributed by atoms with E-state index in [1.807, 2.05) is 6.92 Å². The Morgan fingerprint density at radius 1 is 1.27 bits per heavy atom. The lowest BCUT2D eigenvalue weighted by atomic mass is 10.3. The molecule has 0 aliphatic carbocycles. The van der Waals surface area contributed by atoms with Crippen LogP contribution in [-0.2, 0) is 4.74 Å². The first-order chi connectivity index (χ1) is 5.31. The van der Waals surface area contributed by atoms with Crippen LogP contribution < -0.4 is 0 Å². The number of aliphatic imine (C=N–C) groups is 1. The number of ether oxygens (including phenoxy) is 1. The Balaban J connectivity index is 3.30. The van der Waals surface area contributed by atoms with E-state index in [2.05, 4.69) is 18.8 Å². The second kappa shape index (κ2) is 7.58. The van der Waals surface area contributed by atoms with Gasteiger partial charge in [0.15, 0.2) is 5.90 Å². The quantitative estimate of drug-likeness (QED) is 0.341. The summed E-state index contributed by atoms with van der Waals surface area (Å²) in [7, 11) is 0. The van der Waals surface area contributed by atoms with Gasteiger partial charge in [0.25, 0.3) is 0 Å². The van der Waals surface area contributed by atoms with Crippen molar-refractivity contribution in [3.8, 4) is 0 Å². The Bertz CT molecular complexity index is 110. The minimum absolute atomic E-state index is 0.793. The number of hydrogen-bond donors (Lipinski definition) is 0. The second-order valence-electron chi connectivity index (χ2n) is 2.60. The van der Waals surface area contributed by atoms with Crippen LogP contribution in [0.25, 0.3) is 0 Å². The van der Waals surface area contributed by atoms with Crippen LogP contribution in [0.4, 0.5) is 0 Å². The van der Waals surface area contributed by atoms with Crippen molar-refractivity contribution in [1.29, 1.82) is 0 Å². The first kappa shape index (κ1) is 10.5. The lowest BCUT2D eigenvalue weighted by Crippen LogP contribution is -2.01. The summed E-state index contributed by atoms with van der Waals surface area (Å²) < 4.78 is 5.29. The molecule has 0 aromatic rings. The highest BCUT2D eigenvalue weighted by atomic mass is 16.5. The fourth-order valence-corrected chi connectivity index (χ4v) is 0.690. The fraction of sp³-hybridized carbons (Fsp3) is 0.889. The van der Waals surface area contributed by atoms with Crippen LogP contribution in [0.15, 0.2) is 4.99 Å². The van der Waals surface area contributed by atoms with E-state index in [4.69, 9.17) is 4.74 Å². The third kappa shape index (κ3) is 7.37. The number of unbranched alkanes of at least 4 members (excludes halogenated alkanes) is 1. The lowest BCUT2D eigenvalue weighted by molar-refractivity contribution is 0.300. The molecule has 0 aliphatic rings. The molecule has 0 N–H and O–H groups in total. The maximum Gasteiger partial charge on any atom is 0.179 e. The molecule has 2 nitrogen and oxygen atoms in total. The molecule has 0 bridgehead atoms. The molecule has 0 saturated carbocycles. The van der Waals surface area contributed by atoms with Gasteiger partial charge < -0.3 is 4.74 Å². The first-order valence-electron chi connectivity index (χ1n) is 4.45. The summed E-state index contributed by atoms with van der Waals surface area (Å²) in [6, 6.07) is 0. The highest BCUT2D eigenvalue weighted by molar-refractivity contribution is 5.72. The predicted molar refractivity (Wildman–Crippen MR) is 49.1 cm³/mol. The molecule has 0 rings (SSSR count). The van der Waals surface area contributed by atoms with Crippen molar-refractivity contribution in [2.45, 2.75) is 40.0 Å². The molecule has 0 atom stereocenters. The molecule has 0 saturated heterocycles. The number of hydrogen-bond acceptors (Lipinski definition) is 2. The van der Waals surface area contributed by atoms with Gasteiger partial charge in [-0.25, -0.2) is 0 Å². The van der Waals surface area contributed by atoms with Gasteiger partial charge in [-0.3, -0.25) is 4.99 Å². The third-order valence-electron chi connectivity index (χ3n) is 1.36. The minimum Gasteiger partial charge on any atom is -0.481 e. The van der Waals surface area contributed by atoms with E-state index in [0.29, 0.717) is 0 Å². The molecule has 0 spiro atoms. The molecule has 2 heteroatoms. The molecular formula is C9H19NO. The first-order valence-corrected chi connectivity index (χ1v) is 4.45. The fourth-order valence-electron chi connectivity index (χ4n) is 0.690. The average molecular weight is 157 g/mol. The Kier molecular flexibility index (Phi) is 7.21. The minimum atomic E-state index is 0.793.